The Hall–Kier alpha value is -2.47. The molecule has 0 bridgehead atoms. The Labute approximate surface area is 156 Å². The minimum atomic E-state index is -0.305. The number of hydrogen-bond acceptors (Lipinski definition) is 4. The summed E-state index contributed by atoms with van der Waals surface area (Å²) in [6.07, 6.45) is 0.728. The minimum absolute atomic E-state index is 0.0227. The number of anilines is 1. The van der Waals surface area contributed by atoms with Crippen LogP contribution in [-0.4, -0.2) is 15.3 Å². The third-order valence-corrected chi connectivity index (χ3v) is 5.31. The van der Waals surface area contributed by atoms with Crippen molar-refractivity contribution in [1.29, 1.82) is 0 Å². The Morgan fingerprint density at radius 2 is 1.88 bits per heavy atom. The maximum atomic E-state index is 12.9. The van der Waals surface area contributed by atoms with Crippen LogP contribution in [0.3, 0.4) is 0 Å². The fraction of sp³-hybridized carbons (Fsp3) is 0.350. The lowest BCUT2D eigenvalue weighted by molar-refractivity contribution is 0.102. The highest BCUT2D eigenvalue weighted by molar-refractivity contribution is 7.15. The Kier molecular flexibility index (Phi) is 4.71. The number of hydrogen-bond donors (Lipinski definition) is 1. The molecule has 2 heterocycles. The molecule has 136 valence electrons. The second kappa shape index (κ2) is 6.68. The van der Waals surface area contributed by atoms with Gasteiger partial charge in [0, 0.05) is 16.6 Å². The van der Waals surface area contributed by atoms with Gasteiger partial charge in [-0.05, 0) is 36.5 Å². The predicted molar refractivity (Wildman–Crippen MR) is 107 cm³/mol. The Morgan fingerprint density at radius 1 is 1.23 bits per heavy atom. The van der Waals surface area contributed by atoms with Crippen molar-refractivity contribution in [3.63, 3.8) is 0 Å². The Morgan fingerprint density at radius 3 is 2.46 bits per heavy atom. The van der Waals surface area contributed by atoms with E-state index < -0.39 is 0 Å². The summed E-state index contributed by atoms with van der Waals surface area (Å²) in [5.74, 6) is -0.305. The highest BCUT2D eigenvalue weighted by atomic mass is 32.1. The zero-order chi connectivity index (χ0) is 19.1. The molecule has 6 heteroatoms. The molecule has 0 unspecified atom stereocenters. The third-order valence-electron chi connectivity index (χ3n) is 4.43. The number of aromatic nitrogens is 2. The molecule has 0 spiro atoms. The molecule has 0 aliphatic rings. The SMILES string of the molecule is CCc1csc2nc(C)c(NC(=O)c3ccc(C(C)(C)C)cc3)c(=O)n12. The second-order valence-corrected chi connectivity index (χ2v) is 8.19. The van der Waals surface area contributed by atoms with Crippen molar-refractivity contribution < 1.29 is 4.79 Å². The van der Waals surface area contributed by atoms with Crippen LogP contribution in [0.5, 0.6) is 0 Å². The lowest BCUT2D eigenvalue weighted by Gasteiger charge is -2.19. The van der Waals surface area contributed by atoms with Crippen LogP contribution in [0.25, 0.3) is 4.96 Å². The van der Waals surface area contributed by atoms with Gasteiger partial charge >= 0.3 is 0 Å². The molecule has 1 amide bonds. The van der Waals surface area contributed by atoms with Crippen molar-refractivity contribution in [3.8, 4) is 0 Å². The lowest BCUT2D eigenvalue weighted by atomic mass is 9.87. The van der Waals surface area contributed by atoms with E-state index in [2.05, 4.69) is 31.1 Å². The number of nitrogens with one attached hydrogen (secondary N) is 1. The zero-order valence-corrected chi connectivity index (χ0v) is 16.5. The second-order valence-electron chi connectivity index (χ2n) is 7.36. The van der Waals surface area contributed by atoms with Crippen LogP contribution in [0.1, 0.15) is 55.0 Å². The van der Waals surface area contributed by atoms with Gasteiger partial charge < -0.3 is 5.32 Å². The van der Waals surface area contributed by atoms with Crippen LogP contribution in [0, 0.1) is 6.92 Å². The topological polar surface area (TPSA) is 63.5 Å². The van der Waals surface area contributed by atoms with Gasteiger partial charge in [0.2, 0.25) is 0 Å². The largest absolute Gasteiger partial charge is 0.316 e. The fourth-order valence-corrected chi connectivity index (χ4v) is 3.81. The van der Waals surface area contributed by atoms with E-state index in [1.54, 1.807) is 23.5 Å². The van der Waals surface area contributed by atoms with Crippen LogP contribution in [0.2, 0.25) is 0 Å². The van der Waals surface area contributed by atoms with Crippen LogP contribution in [0.15, 0.2) is 34.4 Å². The summed E-state index contributed by atoms with van der Waals surface area (Å²) >= 11 is 1.43. The first-order chi connectivity index (χ1) is 12.2. The Bertz CT molecular complexity index is 1020. The predicted octanol–water partition coefficient (Wildman–Crippen LogP) is 4.18. The van der Waals surface area contributed by atoms with Crippen molar-refractivity contribution in [3.05, 3.63) is 62.5 Å². The van der Waals surface area contributed by atoms with Gasteiger partial charge in [-0.1, -0.05) is 39.8 Å². The van der Waals surface area contributed by atoms with Crippen LogP contribution >= 0.6 is 11.3 Å². The van der Waals surface area contributed by atoms with E-state index in [4.69, 9.17) is 0 Å². The number of carbonyl (C=O) groups excluding carboxylic acids is 1. The summed E-state index contributed by atoms with van der Waals surface area (Å²) in [6.45, 7) is 10.1. The molecule has 3 aromatic rings. The molecule has 0 radical (unpaired) electrons. The first kappa shape index (κ1) is 18.3. The molecule has 1 aromatic carbocycles. The average molecular weight is 369 g/mol. The zero-order valence-electron chi connectivity index (χ0n) is 15.7. The summed E-state index contributed by atoms with van der Waals surface area (Å²) in [5, 5.41) is 4.69. The van der Waals surface area contributed by atoms with Gasteiger partial charge in [0.05, 0.1) is 5.69 Å². The molecule has 0 aliphatic heterocycles. The number of thiazole rings is 1. The van der Waals surface area contributed by atoms with Crippen molar-refractivity contribution in [2.45, 2.75) is 46.5 Å². The molecule has 1 N–H and O–H groups in total. The average Bonchev–Trinajstić information content (AvgIpc) is 3.00. The van der Waals surface area contributed by atoms with Crippen molar-refractivity contribution in [1.82, 2.24) is 9.38 Å². The molecule has 0 atom stereocenters. The molecule has 0 saturated heterocycles. The maximum Gasteiger partial charge on any atom is 0.282 e. The van der Waals surface area contributed by atoms with Crippen molar-refractivity contribution in [2.75, 3.05) is 5.32 Å². The Balaban J connectivity index is 1.96. The molecule has 0 saturated carbocycles. The van der Waals surface area contributed by atoms with Crippen LogP contribution < -0.4 is 10.9 Å². The van der Waals surface area contributed by atoms with Crippen LogP contribution in [0.4, 0.5) is 5.69 Å². The van der Waals surface area contributed by atoms with Crippen molar-refractivity contribution in [2.24, 2.45) is 0 Å². The molecule has 2 aromatic heterocycles. The summed E-state index contributed by atoms with van der Waals surface area (Å²) in [4.78, 5) is 30.6. The molecule has 0 fully saturated rings. The van der Waals surface area contributed by atoms with Crippen molar-refractivity contribution >= 4 is 27.9 Å². The number of nitrogens with zero attached hydrogens (tertiary/aromatic N) is 2. The molecular weight excluding hydrogens is 346 g/mol. The first-order valence-electron chi connectivity index (χ1n) is 8.64. The van der Waals surface area contributed by atoms with Crippen LogP contribution in [-0.2, 0) is 11.8 Å². The van der Waals surface area contributed by atoms with Gasteiger partial charge in [0.15, 0.2) is 4.96 Å². The van der Waals surface area contributed by atoms with Gasteiger partial charge in [-0.3, -0.25) is 14.0 Å². The molecular formula is C20H23N3O2S. The van der Waals surface area contributed by atoms with Gasteiger partial charge in [0.1, 0.15) is 5.69 Å². The van der Waals surface area contributed by atoms with Gasteiger partial charge in [-0.2, -0.15) is 0 Å². The fourth-order valence-electron chi connectivity index (χ4n) is 2.80. The number of amides is 1. The summed E-state index contributed by atoms with van der Waals surface area (Å²) < 4.78 is 1.58. The number of rotatable bonds is 3. The molecule has 26 heavy (non-hydrogen) atoms. The minimum Gasteiger partial charge on any atom is -0.316 e. The van der Waals surface area contributed by atoms with E-state index in [1.807, 2.05) is 24.4 Å². The monoisotopic (exact) mass is 369 g/mol. The first-order valence-corrected chi connectivity index (χ1v) is 9.52. The van der Waals surface area contributed by atoms with Gasteiger partial charge in [-0.25, -0.2) is 4.98 Å². The lowest BCUT2D eigenvalue weighted by Crippen LogP contribution is -2.25. The normalized spacial score (nSPS) is 11.7. The number of fused-ring (bicyclic) bond motifs is 1. The smallest absolute Gasteiger partial charge is 0.282 e. The van der Waals surface area contributed by atoms with Gasteiger partial charge in [-0.15, -0.1) is 11.3 Å². The highest BCUT2D eigenvalue weighted by Gasteiger charge is 2.18. The number of benzene rings is 1. The molecule has 5 nitrogen and oxygen atoms in total. The third kappa shape index (κ3) is 3.29. The molecule has 3 rings (SSSR count). The summed E-state index contributed by atoms with van der Waals surface area (Å²) in [5.41, 5.74) is 3.12. The quantitative estimate of drug-likeness (QED) is 0.753. The van der Waals surface area contributed by atoms with E-state index >= 15 is 0 Å². The van der Waals surface area contributed by atoms with Gasteiger partial charge in [0.25, 0.3) is 11.5 Å². The van der Waals surface area contributed by atoms with E-state index in [0.29, 0.717) is 16.2 Å². The summed E-state index contributed by atoms with van der Waals surface area (Å²) in [6, 6.07) is 7.47. The van der Waals surface area contributed by atoms with E-state index in [0.717, 1.165) is 17.7 Å². The maximum absolute atomic E-state index is 12.9. The number of aryl methyl sites for hydroxylation is 2. The van der Waals surface area contributed by atoms with E-state index in [1.165, 1.54) is 11.3 Å². The molecule has 0 aliphatic carbocycles. The van der Waals surface area contributed by atoms with E-state index in [9.17, 15) is 9.59 Å². The summed E-state index contributed by atoms with van der Waals surface area (Å²) in [7, 11) is 0. The van der Waals surface area contributed by atoms with E-state index in [-0.39, 0.29) is 22.6 Å². The number of carbonyl (C=O) groups is 1. The standard InChI is InChI=1S/C20H23N3O2S/c1-6-15-11-26-19-21-12(2)16(18(25)23(15)19)22-17(24)13-7-9-14(10-8-13)20(3,4)5/h7-11H,6H2,1-5H3,(H,22,24). The highest BCUT2D eigenvalue weighted by Crippen LogP contribution is 2.23.